The summed E-state index contributed by atoms with van der Waals surface area (Å²) in [5.74, 6) is 1.15. The molecule has 25 heavy (non-hydrogen) atoms. The molecule has 1 aromatic heterocycles. The zero-order valence-electron chi connectivity index (χ0n) is 13.8. The molecule has 3 atom stereocenters. The van der Waals surface area contributed by atoms with Gasteiger partial charge in [-0.25, -0.2) is 9.78 Å². The molecule has 2 amide bonds. The fourth-order valence-corrected chi connectivity index (χ4v) is 4.51. The summed E-state index contributed by atoms with van der Waals surface area (Å²) in [5.41, 5.74) is 1.84. The monoisotopic (exact) mass is 406 g/mol. The van der Waals surface area contributed by atoms with E-state index in [1.165, 1.54) is 7.11 Å². The Labute approximate surface area is 153 Å². The lowest BCUT2D eigenvalue weighted by atomic mass is 9.98. The van der Waals surface area contributed by atoms with Crippen LogP contribution in [-0.2, 0) is 9.53 Å². The second-order valence-corrected chi connectivity index (χ2v) is 7.52. The number of nitrogens with zero attached hydrogens (tertiary/aromatic N) is 2. The number of fused-ring (bicyclic) bond motifs is 3. The molecule has 1 aliphatic carbocycles. The minimum atomic E-state index is -0.595. The molecule has 2 aromatic rings. The number of hydrogen-bond acceptors (Lipinski definition) is 4. The van der Waals surface area contributed by atoms with E-state index in [9.17, 15) is 9.59 Å². The Kier molecular flexibility index (Phi) is 4.15. The highest BCUT2D eigenvalue weighted by atomic mass is 79.9. The van der Waals surface area contributed by atoms with Gasteiger partial charge in [-0.15, -0.1) is 0 Å². The SMILES string of the molecule is COC(=O)NCC(=O)N1C2CCC(C2)[C@H]1c1nc2ccc(Br)cc2[nH]1. The molecule has 132 valence electrons. The molecule has 8 heteroatoms. The molecule has 0 radical (unpaired) electrons. The van der Waals surface area contributed by atoms with Crippen molar-refractivity contribution >= 4 is 39.0 Å². The van der Waals surface area contributed by atoms with E-state index in [1.807, 2.05) is 23.1 Å². The van der Waals surface area contributed by atoms with Gasteiger partial charge in [0.1, 0.15) is 12.4 Å². The Morgan fingerprint density at radius 3 is 3.08 bits per heavy atom. The first-order valence-corrected chi connectivity index (χ1v) is 9.14. The predicted octanol–water partition coefficient (Wildman–Crippen LogP) is 2.73. The molecular weight excluding hydrogens is 388 g/mol. The van der Waals surface area contributed by atoms with Crippen molar-refractivity contribution in [3.63, 3.8) is 0 Å². The number of aromatic nitrogens is 2. The zero-order chi connectivity index (χ0) is 17.6. The second-order valence-electron chi connectivity index (χ2n) is 6.60. The molecule has 2 bridgehead atoms. The number of imidazole rings is 1. The van der Waals surface area contributed by atoms with Gasteiger partial charge in [0.05, 0.1) is 24.2 Å². The number of methoxy groups -OCH3 is 1. The molecule has 7 nitrogen and oxygen atoms in total. The number of H-pyrrole nitrogens is 1. The van der Waals surface area contributed by atoms with Crippen LogP contribution in [0.2, 0.25) is 0 Å². The number of amides is 2. The topological polar surface area (TPSA) is 87.3 Å². The number of alkyl carbamates (subject to hydrolysis) is 1. The number of benzene rings is 1. The molecule has 4 rings (SSSR count). The molecule has 1 saturated heterocycles. The van der Waals surface area contributed by atoms with E-state index in [1.54, 1.807) is 0 Å². The molecule has 1 aromatic carbocycles. The van der Waals surface area contributed by atoms with Crippen LogP contribution in [0.25, 0.3) is 11.0 Å². The van der Waals surface area contributed by atoms with Gasteiger partial charge in [0.2, 0.25) is 5.91 Å². The lowest BCUT2D eigenvalue weighted by molar-refractivity contribution is -0.134. The van der Waals surface area contributed by atoms with Crippen molar-refractivity contribution in [3.8, 4) is 0 Å². The Morgan fingerprint density at radius 2 is 2.28 bits per heavy atom. The van der Waals surface area contributed by atoms with Gasteiger partial charge in [0.25, 0.3) is 0 Å². The molecule has 0 spiro atoms. The van der Waals surface area contributed by atoms with Crippen molar-refractivity contribution in [2.24, 2.45) is 5.92 Å². The first-order chi connectivity index (χ1) is 12.1. The van der Waals surface area contributed by atoms with Crippen molar-refractivity contribution in [2.45, 2.75) is 31.3 Å². The summed E-state index contributed by atoms with van der Waals surface area (Å²) in [5, 5.41) is 2.49. The maximum Gasteiger partial charge on any atom is 0.407 e. The minimum Gasteiger partial charge on any atom is -0.453 e. The number of rotatable bonds is 3. The summed E-state index contributed by atoms with van der Waals surface area (Å²) in [6.45, 7) is -0.0574. The third-order valence-electron chi connectivity index (χ3n) is 5.18. The van der Waals surface area contributed by atoms with Gasteiger partial charge < -0.3 is 19.9 Å². The van der Waals surface area contributed by atoms with Crippen molar-refractivity contribution in [3.05, 3.63) is 28.5 Å². The van der Waals surface area contributed by atoms with Crippen molar-refractivity contribution in [1.29, 1.82) is 0 Å². The molecule has 1 saturated carbocycles. The van der Waals surface area contributed by atoms with E-state index in [4.69, 9.17) is 4.98 Å². The minimum absolute atomic E-state index is 0.0574. The number of piperidine rings is 1. The summed E-state index contributed by atoms with van der Waals surface area (Å²) < 4.78 is 5.53. The molecular formula is C17H19BrN4O3. The molecule has 2 aliphatic rings. The normalized spacial score (nSPS) is 24.7. The molecule has 2 heterocycles. The molecule has 2 fully saturated rings. The maximum absolute atomic E-state index is 12.7. The van der Waals surface area contributed by atoms with Gasteiger partial charge in [-0.05, 0) is 43.4 Å². The average Bonchev–Trinajstić information content (AvgIpc) is 3.31. The summed E-state index contributed by atoms with van der Waals surface area (Å²) in [4.78, 5) is 34.0. The average molecular weight is 407 g/mol. The number of aromatic amines is 1. The highest BCUT2D eigenvalue weighted by Crippen LogP contribution is 2.49. The quantitative estimate of drug-likeness (QED) is 0.819. The first kappa shape index (κ1) is 16.4. The molecule has 1 aliphatic heterocycles. The van der Waals surface area contributed by atoms with Crippen LogP contribution in [-0.4, -0.2) is 46.6 Å². The number of hydrogen-bond donors (Lipinski definition) is 2. The van der Waals surface area contributed by atoms with Crippen LogP contribution in [0.15, 0.2) is 22.7 Å². The van der Waals surface area contributed by atoms with Crippen LogP contribution in [0.4, 0.5) is 4.79 Å². The lowest BCUT2D eigenvalue weighted by Crippen LogP contribution is -2.45. The van der Waals surface area contributed by atoms with Crippen LogP contribution in [0, 0.1) is 5.92 Å². The van der Waals surface area contributed by atoms with E-state index in [0.29, 0.717) is 5.92 Å². The van der Waals surface area contributed by atoms with Crippen LogP contribution < -0.4 is 5.32 Å². The Balaban J connectivity index is 1.61. The van der Waals surface area contributed by atoms with Crippen molar-refractivity contribution in [1.82, 2.24) is 20.2 Å². The standard InChI is InChI=1S/C17H19BrN4O3/c1-25-17(24)19-8-14(23)22-11-4-2-9(6-11)15(22)16-20-12-5-3-10(18)7-13(12)21-16/h3,5,7,9,11,15H,2,4,6,8H2,1H3,(H,19,24)(H,20,21)/t9?,11?,15-/m0/s1. The van der Waals surface area contributed by atoms with Gasteiger partial charge in [-0.2, -0.15) is 0 Å². The van der Waals surface area contributed by atoms with Crippen LogP contribution >= 0.6 is 15.9 Å². The van der Waals surface area contributed by atoms with Gasteiger partial charge >= 0.3 is 6.09 Å². The van der Waals surface area contributed by atoms with Crippen LogP contribution in [0.5, 0.6) is 0 Å². The third-order valence-corrected chi connectivity index (χ3v) is 5.68. The van der Waals surface area contributed by atoms with E-state index in [0.717, 1.165) is 40.6 Å². The largest absolute Gasteiger partial charge is 0.453 e. The zero-order valence-corrected chi connectivity index (χ0v) is 15.4. The summed E-state index contributed by atoms with van der Waals surface area (Å²) in [6.07, 6.45) is 2.51. The van der Waals surface area contributed by atoms with E-state index in [2.05, 4.69) is 31.0 Å². The van der Waals surface area contributed by atoms with E-state index in [-0.39, 0.29) is 24.5 Å². The Morgan fingerprint density at radius 1 is 1.44 bits per heavy atom. The van der Waals surface area contributed by atoms with Crippen LogP contribution in [0.1, 0.15) is 31.1 Å². The van der Waals surface area contributed by atoms with Gasteiger partial charge in [-0.1, -0.05) is 15.9 Å². The number of carbonyl (C=O) groups excluding carboxylic acids is 2. The number of ether oxygens (including phenoxy) is 1. The smallest absolute Gasteiger partial charge is 0.407 e. The van der Waals surface area contributed by atoms with Gasteiger partial charge in [0.15, 0.2) is 0 Å². The van der Waals surface area contributed by atoms with Gasteiger partial charge in [0, 0.05) is 10.5 Å². The van der Waals surface area contributed by atoms with Gasteiger partial charge in [-0.3, -0.25) is 4.79 Å². The Bertz CT molecular complexity index is 836. The van der Waals surface area contributed by atoms with E-state index >= 15 is 0 Å². The number of likely N-dealkylation sites (tertiary alicyclic amines) is 1. The second kappa shape index (κ2) is 6.33. The Hall–Kier alpha value is -2.09. The third kappa shape index (κ3) is 2.88. The fourth-order valence-electron chi connectivity index (χ4n) is 4.15. The predicted molar refractivity (Wildman–Crippen MR) is 94.9 cm³/mol. The van der Waals surface area contributed by atoms with E-state index < -0.39 is 6.09 Å². The summed E-state index contributed by atoms with van der Waals surface area (Å²) >= 11 is 3.47. The number of carbonyl (C=O) groups is 2. The van der Waals surface area contributed by atoms with Crippen molar-refractivity contribution < 1.29 is 14.3 Å². The maximum atomic E-state index is 12.7. The summed E-state index contributed by atoms with van der Waals surface area (Å²) in [7, 11) is 1.28. The lowest BCUT2D eigenvalue weighted by Gasteiger charge is -2.34. The van der Waals surface area contributed by atoms with Crippen molar-refractivity contribution in [2.75, 3.05) is 13.7 Å². The molecule has 2 N–H and O–H groups in total. The van der Waals surface area contributed by atoms with Crippen LogP contribution in [0.3, 0.4) is 0 Å². The molecule has 2 unspecified atom stereocenters. The highest BCUT2D eigenvalue weighted by molar-refractivity contribution is 9.10. The fraction of sp³-hybridized carbons (Fsp3) is 0.471. The summed E-state index contributed by atoms with van der Waals surface area (Å²) in [6, 6.07) is 6.07. The number of nitrogens with one attached hydrogen (secondary N) is 2. The highest BCUT2D eigenvalue weighted by Gasteiger charge is 2.49. The number of halogens is 1. The first-order valence-electron chi connectivity index (χ1n) is 8.35.